The molecule has 3 rings (SSSR count). The number of amidine groups is 1. The number of aryl methyl sites for hydroxylation is 1. The Morgan fingerprint density at radius 2 is 1.96 bits per heavy atom. The zero-order valence-electron chi connectivity index (χ0n) is 13.7. The lowest BCUT2D eigenvalue weighted by Gasteiger charge is -2.05. The molecule has 1 saturated heterocycles. The highest BCUT2D eigenvalue weighted by molar-refractivity contribution is 8.15. The first-order chi connectivity index (χ1) is 11.6. The third-order valence-electron chi connectivity index (χ3n) is 3.76. The maximum absolute atomic E-state index is 12.1. The van der Waals surface area contributed by atoms with Gasteiger partial charge in [-0.3, -0.25) is 4.79 Å². The van der Waals surface area contributed by atoms with Gasteiger partial charge in [0.15, 0.2) is 5.17 Å². The molecule has 1 amide bonds. The van der Waals surface area contributed by atoms with Crippen LogP contribution in [0.5, 0.6) is 0 Å². The van der Waals surface area contributed by atoms with Crippen molar-refractivity contribution in [2.24, 2.45) is 10.2 Å². The molecule has 2 aromatic carbocycles. The second-order valence-corrected chi connectivity index (χ2v) is 6.94. The summed E-state index contributed by atoms with van der Waals surface area (Å²) in [6.07, 6.45) is 0.693. The van der Waals surface area contributed by atoms with E-state index >= 15 is 0 Å². The number of hydrogen-bond donors (Lipinski definition) is 1. The standard InChI is InChI=1S/C19H19N3OS/c1-13-7-6-8-15(11-13)12-17-18(23)20-19(24-17)22-21-14(2)16-9-4-3-5-10-16/h3-11,17H,12H2,1-2H3,(H,20,22,23)/t17-/m1/s1. The summed E-state index contributed by atoms with van der Waals surface area (Å²) in [6, 6.07) is 18.1. The first kappa shape index (κ1) is 16.5. The number of nitrogens with one attached hydrogen (secondary N) is 1. The summed E-state index contributed by atoms with van der Waals surface area (Å²) in [6.45, 7) is 3.96. The smallest absolute Gasteiger partial charge is 0.239 e. The fraction of sp³-hybridized carbons (Fsp3) is 0.211. The highest BCUT2D eigenvalue weighted by Crippen LogP contribution is 2.23. The maximum Gasteiger partial charge on any atom is 0.239 e. The lowest BCUT2D eigenvalue weighted by molar-refractivity contribution is -0.118. The van der Waals surface area contributed by atoms with Gasteiger partial charge in [-0.2, -0.15) is 5.10 Å². The highest BCUT2D eigenvalue weighted by atomic mass is 32.2. The molecular weight excluding hydrogens is 318 g/mol. The van der Waals surface area contributed by atoms with Crippen LogP contribution in [0.2, 0.25) is 0 Å². The molecule has 1 N–H and O–H groups in total. The number of carbonyl (C=O) groups is 1. The predicted octanol–water partition coefficient (Wildman–Crippen LogP) is 3.55. The number of carbonyl (C=O) groups excluding carboxylic acids is 1. The summed E-state index contributed by atoms with van der Waals surface area (Å²) in [5.74, 6) is -0.00665. The van der Waals surface area contributed by atoms with Gasteiger partial charge in [0.05, 0.1) is 11.0 Å². The molecule has 1 heterocycles. The van der Waals surface area contributed by atoms with E-state index < -0.39 is 0 Å². The molecule has 2 aromatic rings. The summed E-state index contributed by atoms with van der Waals surface area (Å²) in [5, 5.41) is 11.7. The first-order valence-corrected chi connectivity index (χ1v) is 8.70. The Labute approximate surface area is 146 Å². The van der Waals surface area contributed by atoms with Gasteiger partial charge in [-0.15, -0.1) is 5.10 Å². The Morgan fingerprint density at radius 3 is 2.71 bits per heavy atom. The quantitative estimate of drug-likeness (QED) is 0.685. The van der Waals surface area contributed by atoms with Gasteiger partial charge in [-0.05, 0) is 31.4 Å². The van der Waals surface area contributed by atoms with Crippen molar-refractivity contribution < 1.29 is 4.79 Å². The van der Waals surface area contributed by atoms with Crippen LogP contribution in [-0.2, 0) is 11.2 Å². The van der Waals surface area contributed by atoms with Crippen molar-refractivity contribution in [2.75, 3.05) is 0 Å². The van der Waals surface area contributed by atoms with Gasteiger partial charge in [-0.25, -0.2) is 0 Å². The van der Waals surface area contributed by atoms with E-state index in [1.807, 2.05) is 49.4 Å². The summed E-state index contributed by atoms with van der Waals surface area (Å²) in [7, 11) is 0. The minimum Gasteiger partial charge on any atom is -0.303 e. The Kier molecular flexibility index (Phi) is 5.11. The van der Waals surface area contributed by atoms with Crippen LogP contribution in [0.1, 0.15) is 23.6 Å². The van der Waals surface area contributed by atoms with Crippen LogP contribution in [-0.4, -0.2) is 22.0 Å². The molecule has 5 heteroatoms. The van der Waals surface area contributed by atoms with Gasteiger partial charge >= 0.3 is 0 Å². The average Bonchev–Trinajstić information content (AvgIpc) is 2.93. The van der Waals surface area contributed by atoms with E-state index in [4.69, 9.17) is 0 Å². The minimum absolute atomic E-state index is 0.00665. The van der Waals surface area contributed by atoms with Crippen LogP contribution in [0, 0.1) is 6.92 Å². The van der Waals surface area contributed by atoms with Crippen molar-refractivity contribution >= 4 is 28.5 Å². The van der Waals surface area contributed by atoms with Crippen molar-refractivity contribution in [1.29, 1.82) is 0 Å². The Balaban J connectivity index is 1.68. The van der Waals surface area contributed by atoms with Gasteiger partial charge < -0.3 is 5.32 Å². The summed E-state index contributed by atoms with van der Waals surface area (Å²) >= 11 is 1.44. The van der Waals surface area contributed by atoms with E-state index in [0.29, 0.717) is 11.6 Å². The molecule has 0 aliphatic carbocycles. The number of benzene rings is 2. The zero-order chi connectivity index (χ0) is 16.9. The number of amides is 1. The lowest BCUT2D eigenvalue weighted by atomic mass is 10.1. The third-order valence-corrected chi connectivity index (χ3v) is 4.83. The van der Waals surface area contributed by atoms with E-state index in [1.54, 1.807) is 0 Å². The number of hydrogen-bond acceptors (Lipinski definition) is 4. The minimum atomic E-state index is -0.155. The average molecular weight is 337 g/mol. The molecule has 0 spiro atoms. The molecule has 1 fully saturated rings. The Bertz CT molecular complexity index is 799. The highest BCUT2D eigenvalue weighted by Gasteiger charge is 2.30. The number of nitrogens with zero attached hydrogens (tertiary/aromatic N) is 2. The zero-order valence-corrected chi connectivity index (χ0v) is 14.5. The molecule has 1 atom stereocenters. The number of rotatable bonds is 4. The number of thioether (sulfide) groups is 1. The Morgan fingerprint density at radius 1 is 1.17 bits per heavy atom. The maximum atomic E-state index is 12.1. The molecule has 0 radical (unpaired) electrons. The fourth-order valence-electron chi connectivity index (χ4n) is 2.50. The summed E-state index contributed by atoms with van der Waals surface area (Å²) in [5.41, 5.74) is 4.20. The molecule has 0 aromatic heterocycles. The van der Waals surface area contributed by atoms with Crippen molar-refractivity contribution in [2.45, 2.75) is 25.5 Å². The topological polar surface area (TPSA) is 53.8 Å². The van der Waals surface area contributed by atoms with Crippen LogP contribution in [0.15, 0.2) is 64.8 Å². The van der Waals surface area contributed by atoms with Gasteiger partial charge in [0.1, 0.15) is 0 Å². The van der Waals surface area contributed by atoms with Gasteiger partial charge in [0.2, 0.25) is 5.91 Å². The van der Waals surface area contributed by atoms with Gasteiger partial charge in [0, 0.05) is 0 Å². The van der Waals surface area contributed by atoms with Crippen molar-refractivity contribution in [3.63, 3.8) is 0 Å². The third kappa shape index (κ3) is 4.11. The molecule has 1 aliphatic rings. The first-order valence-electron chi connectivity index (χ1n) is 7.82. The molecule has 1 aliphatic heterocycles. The van der Waals surface area contributed by atoms with Gasteiger partial charge in [-0.1, -0.05) is 71.9 Å². The predicted molar refractivity (Wildman–Crippen MR) is 100 cm³/mol. The molecule has 4 nitrogen and oxygen atoms in total. The van der Waals surface area contributed by atoms with E-state index in [2.05, 4.69) is 34.6 Å². The molecule has 0 saturated carbocycles. The van der Waals surface area contributed by atoms with Gasteiger partial charge in [0.25, 0.3) is 0 Å². The van der Waals surface area contributed by atoms with E-state index in [0.717, 1.165) is 16.8 Å². The molecule has 0 bridgehead atoms. The van der Waals surface area contributed by atoms with E-state index in [-0.39, 0.29) is 11.2 Å². The summed E-state index contributed by atoms with van der Waals surface area (Å²) in [4.78, 5) is 12.1. The molecule has 24 heavy (non-hydrogen) atoms. The van der Waals surface area contributed by atoms with E-state index in [1.165, 1.54) is 17.3 Å². The second-order valence-electron chi connectivity index (χ2n) is 5.75. The van der Waals surface area contributed by atoms with Crippen LogP contribution in [0.3, 0.4) is 0 Å². The molecule has 122 valence electrons. The fourth-order valence-corrected chi connectivity index (χ4v) is 3.46. The SMILES string of the molecule is CC(=N/N=C1\NC(=O)[C@@H](Cc2cccc(C)c2)S1)c1ccccc1. The van der Waals surface area contributed by atoms with Crippen LogP contribution < -0.4 is 5.32 Å². The van der Waals surface area contributed by atoms with Crippen molar-refractivity contribution in [3.8, 4) is 0 Å². The Hall–Kier alpha value is -2.40. The molecular formula is C19H19N3OS. The van der Waals surface area contributed by atoms with Crippen LogP contribution >= 0.6 is 11.8 Å². The van der Waals surface area contributed by atoms with E-state index in [9.17, 15) is 4.79 Å². The summed E-state index contributed by atoms with van der Waals surface area (Å²) < 4.78 is 0. The lowest BCUT2D eigenvalue weighted by Crippen LogP contribution is -2.26. The monoisotopic (exact) mass is 337 g/mol. The second kappa shape index (κ2) is 7.45. The van der Waals surface area contributed by atoms with Crippen LogP contribution in [0.4, 0.5) is 0 Å². The van der Waals surface area contributed by atoms with Crippen LogP contribution in [0.25, 0.3) is 0 Å². The normalized spacial score (nSPS) is 19.6. The van der Waals surface area contributed by atoms with Crippen molar-refractivity contribution in [1.82, 2.24) is 5.32 Å². The molecule has 0 unspecified atom stereocenters. The van der Waals surface area contributed by atoms with Crippen molar-refractivity contribution in [3.05, 3.63) is 71.3 Å². The largest absolute Gasteiger partial charge is 0.303 e.